The Balaban J connectivity index is 1.52. The number of ether oxygens (including phenoxy) is 1. The first-order chi connectivity index (χ1) is 15.4. The summed E-state index contributed by atoms with van der Waals surface area (Å²) in [5.41, 5.74) is 2.11. The molecule has 32 heavy (non-hydrogen) atoms. The molecule has 1 aliphatic rings. The maximum Gasteiger partial charge on any atom is 0.233 e. The fraction of sp³-hybridized carbons (Fsp3) is 0.292. The molecule has 6 nitrogen and oxygen atoms in total. The van der Waals surface area contributed by atoms with E-state index in [0.29, 0.717) is 28.2 Å². The summed E-state index contributed by atoms with van der Waals surface area (Å²) in [6.45, 7) is 6.07. The largest absolute Gasteiger partial charge is 0.473 e. The number of aromatic nitrogens is 4. The summed E-state index contributed by atoms with van der Waals surface area (Å²) in [6, 6.07) is 8.96. The zero-order valence-electron chi connectivity index (χ0n) is 17.8. The number of fused-ring (bicyclic) bond motifs is 1. The second-order valence-electron chi connectivity index (χ2n) is 8.73. The number of halogens is 2. The van der Waals surface area contributed by atoms with Crippen LogP contribution in [-0.2, 0) is 0 Å². The van der Waals surface area contributed by atoms with E-state index in [1.165, 1.54) is 18.2 Å². The van der Waals surface area contributed by atoms with Crippen molar-refractivity contribution < 1.29 is 13.5 Å². The average Bonchev–Trinajstić information content (AvgIpc) is 3.19. The lowest BCUT2D eigenvalue weighted by Gasteiger charge is -2.38. The first kappa shape index (κ1) is 20.5. The highest BCUT2D eigenvalue weighted by Gasteiger charge is 2.34. The van der Waals surface area contributed by atoms with Crippen LogP contribution in [0.3, 0.4) is 0 Å². The molecule has 0 radical (unpaired) electrons. The van der Waals surface area contributed by atoms with Crippen LogP contribution in [0, 0.1) is 17.0 Å². The fourth-order valence-corrected chi connectivity index (χ4v) is 4.17. The molecule has 2 N–H and O–H groups in total. The van der Waals surface area contributed by atoms with Crippen LogP contribution < -0.4 is 10.1 Å². The van der Waals surface area contributed by atoms with Gasteiger partial charge in [0.2, 0.25) is 5.88 Å². The highest BCUT2D eigenvalue weighted by molar-refractivity contribution is 5.94. The van der Waals surface area contributed by atoms with E-state index >= 15 is 0 Å². The molecule has 0 bridgehead atoms. The number of hydrogen-bond donors (Lipinski definition) is 2. The molecule has 4 aromatic rings. The molecule has 0 saturated carbocycles. The molecule has 0 amide bonds. The third kappa shape index (κ3) is 3.71. The van der Waals surface area contributed by atoms with E-state index < -0.39 is 11.6 Å². The number of nitrogens with zero attached hydrogens (tertiary/aromatic N) is 3. The SMILES string of the molecule is CC1(C)CNCC[C@@H]1Oc1cncc(-c2n[nH]c3ccc(-c4c(F)cccc4F)cc23)n1. The van der Waals surface area contributed by atoms with Crippen LogP contribution in [0.4, 0.5) is 8.78 Å². The van der Waals surface area contributed by atoms with Crippen LogP contribution in [0.5, 0.6) is 5.88 Å². The summed E-state index contributed by atoms with van der Waals surface area (Å²) in [6.07, 6.45) is 4.09. The van der Waals surface area contributed by atoms with E-state index in [0.717, 1.165) is 25.0 Å². The van der Waals surface area contributed by atoms with Crippen molar-refractivity contribution in [1.29, 1.82) is 0 Å². The molecule has 0 aliphatic carbocycles. The van der Waals surface area contributed by atoms with Gasteiger partial charge in [0, 0.05) is 17.3 Å². The number of rotatable bonds is 4. The Hall–Kier alpha value is -3.39. The van der Waals surface area contributed by atoms with Gasteiger partial charge in [-0.1, -0.05) is 26.0 Å². The topological polar surface area (TPSA) is 75.7 Å². The minimum atomic E-state index is -0.617. The summed E-state index contributed by atoms with van der Waals surface area (Å²) in [5.74, 6) is -0.807. The van der Waals surface area contributed by atoms with Gasteiger partial charge in [-0.2, -0.15) is 5.10 Å². The highest BCUT2D eigenvalue weighted by Crippen LogP contribution is 2.33. The molecule has 2 aromatic carbocycles. The summed E-state index contributed by atoms with van der Waals surface area (Å²) in [7, 11) is 0. The maximum atomic E-state index is 14.3. The number of H-pyrrole nitrogens is 1. The van der Waals surface area contributed by atoms with Crippen molar-refractivity contribution in [3.05, 3.63) is 60.4 Å². The molecule has 0 unspecified atom stereocenters. The minimum absolute atomic E-state index is 0.0138. The molecule has 5 rings (SSSR count). The summed E-state index contributed by atoms with van der Waals surface area (Å²) >= 11 is 0. The van der Waals surface area contributed by atoms with Crippen LogP contribution >= 0.6 is 0 Å². The predicted octanol–water partition coefficient (Wildman–Crippen LogP) is 4.73. The summed E-state index contributed by atoms with van der Waals surface area (Å²) in [5, 5.41) is 11.4. The molecule has 0 spiro atoms. The predicted molar refractivity (Wildman–Crippen MR) is 118 cm³/mol. The van der Waals surface area contributed by atoms with Gasteiger partial charge in [-0.25, -0.2) is 13.8 Å². The highest BCUT2D eigenvalue weighted by atomic mass is 19.1. The van der Waals surface area contributed by atoms with Gasteiger partial charge in [0.1, 0.15) is 29.1 Å². The van der Waals surface area contributed by atoms with E-state index in [1.807, 2.05) is 0 Å². The van der Waals surface area contributed by atoms with Crippen molar-refractivity contribution in [2.45, 2.75) is 26.4 Å². The van der Waals surface area contributed by atoms with Crippen molar-refractivity contribution >= 4 is 10.9 Å². The van der Waals surface area contributed by atoms with Gasteiger partial charge in [0.25, 0.3) is 0 Å². The van der Waals surface area contributed by atoms with Gasteiger partial charge in [-0.3, -0.25) is 10.1 Å². The average molecular weight is 435 g/mol. The quantitative estimate of drug-likeness (QED) is 0.485. The monoisotopic (exact) mass is 435 g/mol. The Labute approximate surface area is 184 Å². The molecule has 2 aromatic heterocycles. The molecule has 1 fully saturated rings. The Kier molecular flexibility index (Phi) is 5.09. The number of benzene rings is 2. The van der Waals surface area contributed by atoms with Crippen LogP contribution in [0.25, 0.3) is 33.4 Å². The van der Waals surface area contributed by atoms with Crippen molar-refractivity contribution in [1.82, 2.24) is 25.5 Å². The van der Waals surface area contributed by atoms with Gasteiger partial charge in [0.05, 0.1) is 23.5 Å². The van der Waals surface area contributed by atoms with Crippen molar-refractivity contribution in [2.75, 3.05) is 13.1 Å². The number of aromatic amines is 1. The molecular weight excluding hydrogens is 412 g/mol. The lowest BCUT2D eigenvalue weighted by atomic mass is 9.82. The van der Waals surface area contributed by atoms with E-state index in [1.54, 1.807) is 30.6 Å². The first-order valence-corrected chi connectivity index (χ1v) is 10.5. The smallest absolute Gasteiger partial charge is 0.233 e. The van der Waals surface area contributed by atoms with Gasteiger partial charge in [-0.15, -0.1) is 0 Å². The normalized spacial score (nSPS) is 18.1. The molecule has 1 aliphatic heterocycles. The number of piperidine rings is 1. The second-order valence-corrected chi connectivity index (χ2v) is 8.73. The zero-order chi connectivity index (χ0) is 22.3. The number of nitrogens with one attached hydrogen (secondary N) is 2. The van der Waals surface area contributed by atoms with E-state index in [4.69, 9.17) is 4.74 Å². The van der Waals surface area contributed by atoms with Crippen molar-refractivity contribution in [2.24, 2.45) is 5.41 Å². The molecule has 1 atom stereocenters. The fourth-order valence-electron chi connectivity index (χ4n) is 4.17. The molecule has 1 saturated heterocycles. The molecule has 8 heteroatoms. The van der Waals surface area contributed by atoms with Crippen LogP contribution in [0.15, 0.2) is 48.8 Å². The van der Waals surface area contributed by atoms with Gasteiger partial charge < -0.3 is 10.1 Å². The first-order valence-electron chi connectivity index (χ1n) is 10.5. The van der Waals surface area contributed by atoms with Crippen LogP contribution in [0.2, 0.25) is 0 Å². The van der Waals surface area contributed by atoms with Crippen molar-refractivity contribution in [3.63, 3.8) is 0 Å². The Bertz CT molecular complexity index is 1270. The van der Waals surface area contributed by atoms with E-state index in [9.17, 15) is 8.78 Å². The molecule has 164 valence electrons. The summed E-state index contributed by atoms with van der Waals surface area (Å²) in [4.78, 5) is 8.92. The second kappa shape index (κ2) is 7.94. The summed E-state index contributed by atoms with van der Waals surface area (Å²) < 4.78 is 34.8. The van der Waals surface area contributed by atoms with Crippen LogP contribution in [-0.4, -0.2) is 39.4 Å². The van der Waals surface area contributed by atoms with E-state index in [2.05, 4.69) is 39.3 Å². The van der Waals surface area contributed by atoms with Gasteiger partial charge in [0.15, 0.2) is 0 Å². The lowest BCUT2D eigenvalue weighted by Crippen LogP contribution is -2.48. The Morgan fingerprint density at radius 2 is 1.91 bits per heavy atom. The number of hydrogen-bond acceptors (Lipinski definition) is 5. The third-order valence-electron chi connectivity index (χ3n) is 5.97. The Morgan fingerprint density at radius 1 is 1.09 bits per heavy atom. The minimum Gasteiger partial charge on any atom is -0.473 e. The molecule has 3 heterocycles. The molecular formula is C24H23F2N5O. The van der Waals surface area contributed by atoms with E-state index in [-0.39, 0.29) is 17.1 Å². The Morgan fingerprint density at radius 3 is 2.69 bits per heavy atom. The maximum absolute atomic E-state index is 14.3. The van der Waals surface area contributed by atoms with Gasteiger partial charge >= 0.3 is 0 Å². The lowest BCUT2D eigenvalue weighted by molar-refractivity contribution is 0.0412. The van der Waals surface area contributed by atoms with Crippen LogP contribution in [0.1, 0.15) is 20.3 Å². The third-order valence-corrected chi connectivity index (χ3v) is 5.97. The van der Waals surface area contributed by atoms with Crippen molar-refractivity contribution in [3.8, 4) is 28.4 Å². The standard InChI is InChI=1S/C24H23F2N5O/c1-24(2)13-27-9-8-20(24)32-21-12-28-11-19(29-21)23-15-10-14(6-7-18(15)30-31-23)22-16(25)4-3-5-17(22)26/h3-7,10-12,20,27H,8-9,13H2,1-2H3,(H,30,31)/t20-/m0/s1. The zero-order valence-corrected chi connectivity index (χ0v) is 17.8. The van der Waals surface area contributed by atoms with Gasteiger partial charge in [-0.05, 0) is 42.8 Å².